The van der Waals surface area contributed by atoms with Crippen LogP contribution in [0.4, 0.5) is 0 Å². The van der Waals surface area contributed by atoms with Gasteiger partial charge in [-0.2, -0.15) is 0 Å². The average Bonchev–Trinajstić information content (AvgIpc) is 2.84. The molecule has 0 N–H and O–H groups in total. The summed E-state index contributed by atoms with van der Waals surface area (Å²) in [6.45, 7) is 3.80. The smallest absolute Gasteiger partial charge is 0.336 e. The number of nitrogens with zero attached hydrogens (tertiary/aromatic N) is 1. The van der Waals surface area contributed by atoms with Crippen LogP contribution in [0.2, 0.25) is 0 Å². The van der Waals surface area contributed by atoms with Gasteiger partial charge in [0.1, 0.15) is 29.6 Å². The monoisotopic (exact) mass is 443 g/mol. The molecule has 5 rings (SSSR count). The van der Waals surface area contributed by atoms with E-state index in [1.54, 1.807) is 20.3 Å². The summed E-state index contributed by atoms with van der Waals surface area (Å²) in [6.07, 6.45) is 0. The molecule has 0 aliphatic carbocycles. The van der Waals surface area contributed by atoms with Crippen molar-refractivity contribution in [2.75, 3.05) is 21.0 Å². The fourth-order valence-corrected chi connectivity index (χ4v) is 4.45. The molecule has 1 aliphatic heterocycles. The molecule has 0 bridgehead atoms. The lowest BCUT2D eigenvalue weighted by molar-refractivity contribution is 0.0874. The van der Waals surface area contributed by atoms with E-state index in [-0.39, 0.29) is 5.63 Å². The number of rotatable bonds is 5. The SMILES string of the molecule is COc1ccc(-c2cc(=O)oc3c(C)c4c(cc23)CN(Cc2ccccc2OC)CO4)cc1. The molecular formula is C27H25NO5. The van der Waals surface area contributed by atoms with Gasteiger partial charge in [0, 0.05) is 41.2 Å². The Bertz CT molecular complexity index is 1370. The van der Waals surface area contributed by atoms with Gasteiger partial charge in [-0.1, -0.05) is 30.3 Å². The first-order chi connectivity index (χ1) is 16.1. The number of aryl methyl sites for hydroxylation is 1. The van der Waals surface area contributed by atoms with Crippen LogP contribution in [0.5, 0.6) is 17.2 Å². The van der Waals surface area contributed by atoms with Gasteiger partial charge in [-0.3, -0.25) is 4.90 Å². The number of fused-ring (bicyclic) bond motifs is 2. The number of ether oxygens (including phenoxy) is 3. The number of hydrogen-bond acceptors (Lipinski definition) is 6. The highest BCUT2D eigenvalue weighted by molar-refractivity contribution is 5.96. The molecule has 0 radical (unpaired) electrons. The van der Waals surface area contributed by atoms with Gasteiger partial charge in [0.2, 0.25) is 0 Å². The summed E-state index contributed by atoms with van der Waals surface area (Å²) < 4.78 is 22.6. The minimum absolute atomic E-state index is 0.384. The molecule has 0 saturated heterocycles. The molecule has 2 heterocycles. The maximum Gasteiger partial charge on any atom is 0.336 e. The second-order valence-electron chi connectivity index (χ2n) is 8.15. The maximum atomic E-state index is 12.4. The van der Waals surface area contributed by atoms with E-state index in [2.05, 4.69) is 17.0 Å². The molecule has 0 atom stereocenters. The van der Waals surface area contributed by atoms with Crippen LogP contribution in [-0.2, 0) is 13.1 Å². The van der Waals surface area contributed by atoms with Crippen molar-refractivity contribution in [1.82, 2.24) is 4.90 Å². The lowest BCUT2D eigenvalue weighted by Gasteiger charge is -2.30. The molecule has 33 heavy (non-hydrogen) atoms. The van der Waals surface area contributed by atoms with E-state index in [0.29, 0.717) is 25.4 Å². The zero-order valence-electron chi connectivity index (χ0n) is 18.9. The number of para-hydroxylation sites is 1. The number of benzene rings is 3. The second-order valence-corrected chi connectivity index (χ2v) is 8.15. The van der Waals surface area contributed by atoms with Gasteiger partial charge in [0.25, 0.3) is 0 Å². The molecule has 6 heteroatoms. The Morgan fingerprint density at radius 2 is 1.79 bits per heavy atom. The predicted molar refractivity (Wildman–Crippen MR) is 127 cm³/mol. The van der Waals surface area contributed by atoms with E-state index in [1.807, 2.05) is 49.4 Å². The van der Waals surface area contributed by atoms with Crippen molar-refractivity contribution in [2.24, 2.45) is 0 Å². The summed E-state index contributed by atoms with van der Waals surface area (Å²) in [5.41, 5.74) is 4.94. The highest BCUT2D eigenvalue weighted by Gasteiger charge is 2.24. The summed E-state index contributed by atoms with van der Waals surface area (Å²) >= 11 is 0. The molecule has 168 valence electrons. The lowest BCUT2D eigenvalue weighted by atomic mass is 9.96. The van der Waals surface area contributed by atoms with Gasteiger partial charge in [0.05, 0.1) is 14.2 Å². The molecule has 0 saturated carbocycles. The lowest BCUT2D eigenvalue weighted by Crippen LogP contribution is -2.32. The van der Waals surface area contributed by atoms with Gasteiger partial charge < -0.3 is 18.6 Å². The molecule has 6 nitrogen and oxygen atoms in total. The Labute approximate surface area is 191 Å². The minimum Gasteiger partial charge on any atom is -0.497 e. The minimum atomic E-state index is -0.384. The summed E-state index contributed by atoms with van der Waals surface area (Å²) in [4.78, 5) is 14.6. The van der Waals surface area contributed by atoms with E-state index < -0.39 is 0 Å². The zero-order chi connectivity index (χ0) is 22.9. The summed E-state index contributed by atoms with van der Waals surface area (Å²) in [7, 11) is 3.32. The van der Waals surface area contributed by atoms with Crippen molar-refractivity contribution in [3.8, 4) is 28.4 Å². The number of methoxy groups -OCH3 is 2. The number of hydrogen-bond donors (Lipinski definition) is 0. The third kappa shape index (κ3) is 3.94. The van der Waals surface area contributed by atoms with Crippen LogP contribution < -0.4 is 19.8 Å². The topological polar surface area (TPSA) is 61.1 Å². The molecule has 1 aliphatic rings. The highest BCUT2D eigenvalue weighted by Crippen LogP contribution is 2.39. The molecule has 0 amide bonds. The van der Waals surface area contributed by atoms with Crippen molar-refractivity contribution in [1.29, 1.82) is 0 Å². The third-order valence-electron chi connectivity index (χ3n) is 6.06. The van der Waals surface area contributed by atoms with Gasteiger partial charge >= 0.3 is 5.63 Å². The Balaban J connectivity index is 1.56. The van der Waals surface area contributed by atoms with E-state index >= 15 is 0 Å². The Morgan fingerprint density at radius 3 is 2.55 bits per heavy atom. The van der Waals surface area contributed by atoms with E-state index in [1.165, 1.54) is 0 Å². The van der Waals surface area contributed by atoms with Crippen molar-refractivity contribution in [3.05, 3.63) is 87.8 Å². The fourth-order valence-electron chi connectivity index (χ4n) is 4.45. The van der Waals surface area contributed by atoms with Crippen molar-refractivity contribution < 1.29 is 18.6 Å². The highest BCUT2D eigenvalue weighted by atomic mass is 16.5. The van der Waals surface area contributed by atoms with Crippen LogP contribution in [0.1, 0.15) is 16.7 Å². The Morgan fingerprint density at radius 1 is 1.00 bits per heavy atom. The van der Waals surface area contributed by atoms with Gasteiger partial charge in [-0.15, -0.1) is 0 Å². The van der Waals surface area contributed by atoms with Crippen LogP contribution in [0, 0.1) is 6.92 Å². The third-order valence-corrected chi connectivity index (χ3v) is 6.06. The van der Waals surface area contributed by atoms with E-state index in [9.17, 15) is 4.79 Å². The largest absolute Gasteiger partial charge is 0.497 e. The second kappa shape index (κ2) is 8.64. The van der Waals surface area contributed by atoms with Crippen molar-refractivity contribution >= 4 is 11.0 Å². The molecule has 0 spiro atoms. The average molecular weight is 443 g/mol. The van der Waals surface area contributed by atoms with Crippen LogP contribution in [-0.4, -0.2) is 25.9 Å². The van der Waals surface area contributed by atoms with Crippen LogP contribution in [0.25, 0.3) is 22.1 Å². The first kappa shape index (κ1) is 21.1. The van der Waals surface area contributed by atoms with E-state index in [4.69, 9.17) is 18.6 Å². The summed E-state index contributed by atoms with van der Waals surface area (Å²) in [5.74, 6) is 2.41. The van der Waals surface area contributed by atoms with Gasteiger partial charge in [0.15, 0.2) is 0 Å². The van der Waals surface area contributed by atoms with Crippen LogP contribution in [0.15, 0.2) is 69.9 Å². The molecule has 1 aromatic heterocycles. The Kier molecular flexibility index (Phi) is 5.52. The zero-order valence-corrected chi connectivity index (χ0v) is 18.9. The summed E-state index contributed by atoms with van der Waals surface area (Å²) in [5, 5.41) is 0.888. The fraction of sp³-hybridized carbons (Fsp3) is 0.222. The van der Waals surface area contributed by atoms with Crippen LogP contribution in [0.3, 0.4) is 0 Å². The Hall–Kier alpha value is -3.77. The first-order valence-corrected chi connectivity index (χ1v) is 10.8. The first-order valence-electron chi connectivity index (χ1n) is 10.8. The maximum absolute atomic E-state index is 12.4. The molecular weight excluding hydrogens is 418 g/mol. The van der Waals surface area contributed by atoms with Gasteiger partial charge in [-0.25, -0.2) is 4.79 Å². The molecule has 4 aromatic rings. The van der Waals surface area contributed by atoms with Gasteiger partial charge in [-0.05, 0) is 42.3 Å². The molecule has 0 fully saturated rings. The summed E-state index contributed by atoms with van der Waals surface area (Å²) in [6, 6.07) is 19.3. The molecule has 0 unspecified atom stereocenters. The quantitative estimate of drug-likeness (QED) is 0.398. The normalized spacial score (nSPS) is 13.4. The predicted octanol–water partition coefficient (Wildman–Crippen LogP) is 5.14. The van der Waals surface area contributed by atoms with Crippen molar-refractivity contribution in [3.63, 3.8) is 0 Å². The van der Waals surface area contributed by atoms with E-state index in [0.717, 1.165) is 50.5 Å². The molecule has 3 aromatic carbocycles. The standard InChI is InChI=1S/C27H25NO5/c1-17-26-20(15-28(16-32-26)14-19-6-4-5-7-24(19)31-3)12-23-22(13-25(29)33-27(17)23)18-8-10-21(30-2)11-9-18/h4-13H,14-16H2,1-3H3. The van der Waals surface area contributed by atoms with Crippen molar-refractivity contribution in [2.45, 2.75) is 20.0 Å². The van der Waals surface area contributed by atoms with Crippen LogP contribution >= 0.6 is 0 Å².